The van der Waals surface area contributed by atoms with Crippen LogP contribution in [0.4, 0.5) is 5.69 Å². The quantitative estimate of drug-likeness (QED) is 0.0661. The first kappa shape index (κ1) is 50.7. The molecule has 1 amide bonds. The van der Waals surface area contributed by atoms with E-state index in [1.54, 1.807) is 0 Å². The summed E-state index contributed by atoms with van der Waals surface area (Å²) < 4.78 is 0. The zero-order chi connectivity index (χ0) is 38.5. The van der Waals surface area contributed by atoms with Gasteiger partial charge in [-0.25, -0.2) is 0 Å². The predicted octanol–water partition coefficient (Wildman–Crippen LogP) is 18.8. The highest BCUT2D eigenvalue weighted by Crippen LogP contribution is 2.18. The van der Waals surface area contributed by atoms with Gasteiger partial charge in [0.1, 0.15) is 0 Å². The fourth-order valence-corrected chi connectivity index (χ4v) is 8.35. The molecule has 0 aliphatic heterocycles. The molecule has 0 heterocycles. The van der Waals surface area contributed by atoms with Crippen LogP contribution in [0.15, 0.2) is 30.3 Å². The molecule has 0 aliphatic carbocycles. The minimum atomic E-state index is 0.151. The van der Waals surface area contributed by atoms with Crippen LogP contribution >= 0.6 is 0 Å². The number of hydrogen-bond acceptors (Lipinski definition) is 1. The summed E-state index contributed by atoms with van der Waals surface area (Å²) >= 11 is 0. The zero-order valence-corrected chi connectivity index (χ0v) is 36.9. The molecule has 0 atom stereocenters. The highest BCUT2D eigenvalue weighted by molar-refractivity contribution is 5.90. The van der Waals surface area contributed by atoms with Crippen LogP contribution in [0.25, 0.3) is 0 Å². The molecule has 0 saturated carbocycles. The molecule has 0 aromatic heterocycles. The van der Waals surface area contributed by atoms with Crippen LogP contribution in [0.1, 0.15) is 289 Å². The lowest BCUT2D eigenvalue weighted by Gasteiger charge is -2.05. The van der Waals surface area contributed by atoms with Gasteiger partial charge in [-0.3, -0.25) is 4.79 Å². The van der Waals surface area contributed by atoms with Gasteiger partial charge in [-0.05, 0) is 18.6 Å². The normalized spacial score (nSPS) is 11.4. The van der Waals surface area contributed by atoms with E-state index in [-0.39, 0.29) is 5.91 Å². The molecule has 1 N–H and O–H groups in total. The highest BCUT2D eigenvalue weighted by Gasteiger charge is 2.02. The van der Waals surface area contributed by atoms with Crippen molar-refractivity contribution < 1.29 is 4.79 Å². The standard InChI is InChI=1S/C52H97NO/c1-2-3-4-5-6-7-8-9-10-11-12-13-14-15-16-17-18-19-20-21-22-23-24-25-26-27-28-29-30-31-32-33-34-35-36-37-38-39-40-41-42-43-47-50-52(54)53-51-48-45-44-46-49-51/h44-46,48-49H,2-43,47,50H2,1H3,(H,53,54). The maximum atomic E-state index is 12.0. The number of rotatable bonds is 45. The predicted molar refractivity (Wildman–Crippen MR) is 244 cm³/mol. The molecule has 0 spiro atoms. The van der Waals surface area contributed by atoms with Gasteiger partial charge in [0.15, 0.2) is 0 Å². The monoisotopic (exact) mass is 752 g/mol. The van der Waals surface area contributed by atoms with Crippen LogP contribution in [-0.4, -0.2) is 5.91 Å². The Kier molecular flexibility index (Phi) is 41.7. The Morgan fingerprint density at radius 2 is 0.519 bits per heavy atom. The van der Waals surface area contributed by atoms with Gasteiger partial charge in [0.05, 0.1) is 0 Å². The van der Waals surface area contributed by atoms with E-state index in [2.05, 4.69) is 12.2 Å². The number of amides is 1. The van der Waals surface area contributed by atoms with Crippen LogP contribution < -0.4 is 5.32 Å². The molecule has 1 rings (SSSR count). The smallest absolute Gasteiger partial charge is 0.224 e. The molecule has 0 radical (unpaired) electrons. The molecule has 2 nitrogen and oxygen atoms in total. The van der Waals surface area contributed by atoms with Gasteiger partial charge in [-0.15, -0.1) is 0 Å². The molecular formula is C52H97NO. The average Bonchev–Trinajstić information content (AvgIpc) is 3.18. The van der Waals surface area contributed by atoms with Gasteiger partial charge in [-0.1, -0.05) is 295 Å². The van der Waals surface area contributed by atoms with Crippen LogP contribution in [-0.2, 0) is 4.79 Å². The molecule has 0 aliphatic rings. The summed E-state index contributed by atoms with van der Waals surface area (Å²) in [5.41, 5.74) is 0.907. The second-order valence-electron chi connectivity index (χ2n) is 17.5. The second-order valence-corrected chi connectivity index (χ2v) is 17.5. The van der Waals surface area contributed by atoms with Crippen LogP contribution in [0, 0.1) is 0 Å². The number of benzene rings is 1. The molecule has 0 unspecified atom stereocenters. The zero-order valence-electron chi connectivity index (χ0n) is 36.9. The number of hydrogen-bond donors (Lipinski definition) is 1. The Hall–Kier alpha value is -1.31. The lowest BCUT2D eigenvalue weighted by Crippen LogP contribution is -2.10. The van der Waals surface area contributed by atoms with E-state index in [0.717, 1.165) is 12.1 Å². The molecule has 0 bridgehead atoms. The Morgan fingerprint density at radius 3 is 0.741 bits per heavy atom. The summed E-state index contributed by atoms with van der Waals surface area (Å²) in [6.07, 6.45) is 62.7. The average molecular weight is 752 g/mol. The summed E-state index contributed by atoms with van der Waals surface area (Å²) in [7, 11) is 0. The van der Waals surface area contributed by atoms with Crippen molar-refractivity contribution in [1.82, 2.24) is 0 Å². The van der Waals surface area contributed by atoms with Gasteiger partial charge in [-0.2, -0.15) is 0 Å². The molecule has 316 valence electrons. The molecule has 1 aromatic carbocycles. The van der Waals surface area contributed by atoms with Gasteiger partial charge < -0.3 is 5.32 Å². The number of nitrogens with one attached hydrogen (secondary N) is 1. The SMILES string of the molecule is CCCCCCCCCCCCCCCCCCCCCCCCCCCCCCCCCCCCCCCCCCCCCC(=O)Nc1ccccc1. The lowest BCUT2D eigenvalue weighted by atomic mass is 10.0. The van der Waals surface area contributed by atoms with Crippen molar-refractivity contribution >= 4 is 11.6 Å². The first-order valence-electron chi connectivity index (χ1n) is 25.2. The van der Waals surface area contributed by atoms with Crippen molar-refractivity contribution in [3.8, 4) is 0 Å². The van der Waals surface area contributed by atoms with E-state index in [1.807, 2.05) is 30.3 Å². The van der Waals surface area contributed by atoms with E-state index < -0.39 is 0 Å². The lowest BCUT2D eigenvalue weighted by molar-refractivity contribution is -0.116. The van der Waals surface area contributed by atoms with E-state index in [9.17, 15) is 4.79 Å². The fourth-order valence-electron chi connectivity index (χ4n) is 8.35. The first-order chi connectivity index (χ1) is 26.8. The van der Waals surface area contributed by atoms with E-state index >= 15 is 0 Å². The van der Waals surface area contributed by atoms with Crippen LogP contribution in [0.5, 0.6) is 0 Å². The number of anilines is 1. The van der Waals surface area contributed by atoms with Gasteiger partial charge >= 0.3 is 0 Å². The third-order valence-electron chi connectivity index (χ3n) is 12.1. The van der Waals surface area contributed by atoms with Crippen molar-refractivity contribution in [2.75, 3.05) is 5.32 Å². The number of para-hydroxylation sites is 1. The topological polar surface area (TPSA) is 29.1 Å². The van der Waals surface area contributed by atoms with Crippen LogP contribution in [0.2, 0.25) is 0 Å². The van der Waals surface area contributed by atoms with Crippen molar-refractivity contribution in [2.24, 2.45) is 0 Å². The van der Waals surface area contributed by atoms with Gasteiger partial charge in [0, 0.05) is 12.1 Å². The first-order valence-corrected chi connectivity index (χ1v) is 25.2. The molecule has 1 aromatic rings. The third-order valence-corrected chi connectivity index (χ3v) is 12.1. The summed E-state index contributed by atoms with van der Waals surface area (Å²) in [5, 5.41) is 2.98. The molecule has 0 fully saturated rings. The maximum absolute atomic E-state index is 12.0. The summed E-state index contributed by atoms with van der Waals surface area (Å²) in [6.45, 7) is 2.31. The Bertz CT molecular complexity index is 836. The highest BCUT2D eigenvalue weighted by atomic mass is 16.1. The number of carbonyl (C=O) groups excluding carboxylic acids is 1. The molecule has 54 heavy (non-hydrogen) atoms. The minimum absolute atomic E-state index is 0.151. The van der Waals surface area contributed by atoms with Gasteiger partial charge in [0.2, 0.25) is 5.91 Å². The Morgan fingerprint density at radius 1 is 0.315 bits per heavy atom. The van der Waals surface area contributed by atoms with E-state index in [1.165, 1.54) is 270 Å². The van der Waals surface area contributed by atoms with E-state index in [4.69, 9.17) is 0 Å². The van der Waals surface area contributed by atoms with Crippen molar-refractivity contribution in [1.29, 1.82) is 0 Å². The number of unbranched alkanes of at least 4 members (excludes halogenated alkanes) is 42. The minimum Gasteiger partial charge on any atom is -0.326 e. The van der Waals surface area contributed by atoms with Crippen molar-refractivity contribution in [3.05, 3.63) is 30.3 Å². The molecule has 0 saturated heterocycles. The number of carbonyl (C=O) groups is 1. The second kappa shape index (κ2) is 44.4. The van der Waals surface area contributed by atoms with E-state index in [0.29, 0.717) is 6.42 Å². The third kappa shape index (κ3) is 40.4. The van der Waals surface area contributed by atoms with Crippen molar-refractivity contribution in [3.63, 3.8) is 0 Å². The molecule has 2 heteroatoms. The van der Waals surface area contributed by atoms with Crippen molar-refractivity contribution in [2.45, 2.75) is 289 Å². The maximum Gasteiger partial charge on any atom is 0.224 e. The summed E-state index contributed by atoms with van der Waals surface area (Å²) in [5.74, 6) is 0.151. The Labute approximate surface area is 340 Å². The Balaban J connectivity index is 1.62. The summed E-state index contributed by atoms with van der Waals surface area (Å²) in [6, 6.07) is 9.79. The largest absolute Gasteiger partial charge is 0.326 e. The summed E-state index contributed by atoms with van der Waals surface area (Å²) in [4.78, 5) is 12.0. The molecular weight excluding hydrogens is 655 g/mol. The fraction of sp³-hybridized carbons (Fsp3) is 0.865. The van der Waals surface area contributed by atoms with Gasteiger partial charge in [0.25, 0.3) is 0 Å². The van der Waals surface area contributed by atoms with Crippen LogP contribution in [0.3, 0.4) is 0 Å².